The number of carbonyl (C=O) groups is 1. The minimum Gasteiger partial charge on any atom is -0.481 e. The molecule has 1 heterocycles. The van der Waals surface area contributed by atoms with Crippen LogP contribution in [-0.2, 0) is 18.9 Å². The highest BCUT2D eigenvalue weighted by Crippen LogP contribution is 2.09. The number of carboxylic acid groups (broad SMARTS) is 1. The van der Waals surface area contributed by atoms with E-state index < -0.39 is 17.2 Å². The van der Waals surface area contributed by atoms with E-state index in [1.807, 2.05) is 0 Å². The molecule has 7 nitrogen and oxygen atoms in total. The second-order valence-electron chi connectivity index (χ2n) is 3.07. The molecule has 1 aromatic heterocycles. The summed E-state index contributed by atoms with van der Waals surface area (Å²) in [6, 6.07) is 0. The Hall–Kier alpha value is -1.57. The number of rotatable bonds is 4. The van der Waals surface area contributed by atoms with E-state index in [0.717, 1.165) is 21.0 Å². The molecule has 8 heteroatoms. The Balaban J connectivity index is 2.94. The lowest BCUT2D eigenvalue weighted by atomic mass is 10.5. The van der Waals surface area contributed by atoms with Crippen molar-refractivity contribution in [1.82, 2.24) is 14.3 Å². The van der Waals surface area contributed by atoms with Crippen LogP contribution in [-0.4, -0.2) is 31.2 Å². The van der Waals surface area contributed by atoms with Crippen molar-refractivity contribution < 1.29 is 9.90 Å². The van der Waals surface area contributed by atoms with Crippen LogP contribution in [0, 0.1) is 0 Å². The number of thioether (sulfide) groups is 1. The van der Waals surface area contributed by atoms with Crippen LogP contribution in [0.4, 0.5) is 0 Å². The monoisotopic (exact) mass is 245 g/mol. The SMILES string of the molecule is Cn1nc(SCCC(=O)O)c(=O)n(C)c1=O. The van der Waals surface area contributed by atoms with Crippen molar-refractivity contribution in [3.05, 3.63) is 20.8 Å². The predicted octanol–water partition coefficient (Wildman–Crippen LogP) is -0.954. The number of aryl methyl sites for hydroxylation is 1. The molecular weight excluding hydrogens is 234 g/mol. The van der Waals surface area contributed by atoms with E-state index in [9.17, 15) is 14.4 Å². The number of nitrogens with zero attached hydrogens (tertiary/aromatic N) is 3. The molecule has 0 aromatic carbocycles. The maximum Gasteiger partial charge on any atom is 0.346 e. The summed E-state index contributed by atoms with van der Waals surface area (Å²) in [5.74, 6) is -0.690. The molecule has 0 saturated carbocycles. The summed E-state index contributed by atoms with van der Waals surface area (Å²) >= 11 is 1.03. The van der Waals surface area contributed by atoms with Gasteiger partial charge in [0.2, 0.25) is 0 Å². The molecule has 0 unspecified atom stereocenters. The highest BCUT2D eigenvalue weighted by molar-refractivity contribution is 7.99. The van der Waals surface area contributed by atoms with Gasteiger partial charge in [0.05, 0.1) is 6.42 Å². The fourth-order valence-corrected chi connectivity index (χ4v) is 1.91. The Kier molecular flexibility index (Phi) is 3.88. The van der Waals surface area contributed by atoms with Crippen LogP contribution in [0.15, 0.2) is 14.6 Å². The minimum absolute atomic E-state index is 0.0572. The Labute approximate surface area is 94.7 Å². The van der Waals surface area contributed by atoms with Crippen molar-refractivity contribution >= 4 is 17.7 Å². The molecule has 16 heavy (non-hydrogen) atoms. The van der Waals surface area contributed by atoms with Gasteiger partial charge in [0.15, 0.2) is 5.03 Å². The van der Waals surface area contributed by atoms with E-state index in [0.29, 0.717) is 0 Å². The maximum absolute atomic E-state index is 11.5. The number of carboxylic acids is 1. The molecule has 0 aliphatic heterocycles. The van der Waals surface area contributed by atoms with Crippen LogP contribution in [0.3, 0.4) is 0 Å². The average Bonchev–Trinajstić information content (AvgIpc) is 2.22. The zero-order chi connectivity index (χ0) is 12.3. The second kappa shape index (κ2) is 4.97. The third kappa shape index (κ3) is 2.72. The van der Waals surface area contributed by atoms with E-state index in [-0.39, 0.29) is 17.2 Å². The standard InChI is InChI=1S/C8H11N3O4S/c1-10-7(14)6(9-11(2)8(10)15)16-4-3-5(12)13/h3-4H2,1-2H3,(H,12,13). The van der Waals surface area contributed by atoms with Gasteiger partial charge in [-0.05, 0) is 0 Å². The van der Waals surface area contributed by atoms with Crippen LogP contribution < -0.4 is 11.2 Å². The van der Waals surface area contributed by atoms with Gasteiger partial charge < -0.3 is 5.11 Å². The van der Waals surface area contributed by atoms with Gasteiger partial charge in [-0.25, -0.2) is 9.48 Å². The molecule has 0 radical (unpaired) electrons. The van der Waals surface area contributed by atoms with Crippen molar-refractivity contribution in [1.29, 1.82) is 0 Å². The Morgan fingerprint density at radius 2 is 2.06 bits per heavy atom. The zero-order valence-corrected chi connectivity index (χ0v) is 9.65. The summed E-state index contributed by atoms with van der Waals surface area (Å²) in [5.41, 5.74) is -1.01. The van der Waals surface area contributed by atoms with Gasteiger partial charge in [0.1, 0.15) is 0 Å². The average molecular weight is 245 g/mol. The highest BCUT2D eigenvalue weighted by Gasteiger charge is 2.09. The summed E-state index contributed by atoms with van der Waals surface area (Å²) in [5, 5.41) is 12.3. The van der Waals surface area contributed by atoms with Crippen LogP contribution in [0.2, 0.25) is 0 Å². The molecule has 1 rings (SSSR count). The third-order valence-corrected chi connectivity index (χ3v) is 2.78. The van der Waals surface area contributed by atoms with Gasteiger partial charge in [-0.3, -0.25) is 14.2 Å². The van der Waals surface area contributed by atoms with E-state index >= 15 is 0 Å². The van der Waals surface area contributed by atoms with Crippen LogP contribution >= 0.6 is 11.8 Å². The van der Waals surface area contributed by atoms with E-state index in [1.54, 1.807) is 0 Å². The van der Waals surface area contributed by atoms with Gasteiger partial charge in [0.25, 0.3) is 5.56 Å². The summed E-state index contributed by atoms with van der Waals surface area (Å²) in [4.78, 5) is 33.1. The number of hydrogen-bond acceptors (Lipinski definition) is 5. The minimum atomic E-state index is -0.936. The number of hydrogen-bond donors (Lipinski definition) is 1. The molecule has 0 aliphatic rings. The Morgan fingerprint density at radius 1 is 1.44 bits per heavy atom. The van der Waals surface area contributed by atoms with E-state index in [1.165, 1.54) is 14.1 Å². The summed E-state index contributed by atoms with van der Waals surface area (Å²) < 4.78 is 1.99. The topological polar surface area (TPSA) is 94.2 Å². The molecule has 1 N–H and O–H groups in total. The van der Waals surface area contributed by atoms with Crippen molar-refractivity contribution in [3.63, 3.8) is 0 Å². The normalized spacial score (nSPS) is 10.4. The summed E-state index contributed by atoms with van der Waals surface area (Å²) in [6.45, 7) is 0. The van der Waals surface area contributed by atoms with Gasteiger partial charge in [-0.15, -0.1) is 0 Å². The fraction of sp³-hybridized carbons (Fsp3) is 0.500. The lowest BCUT2D eigenvalue weighted by Gasteiger charge is -2.03. The van der Waals surface area contributed by atoms with Gasteiger partial charge in [-0.2, -0.15) is 5.10 Å². The summed E-state index contributed by atoms with van der Waals surface area (Å²) in [7, 11) is 2.79. The first-order valence-corrected chi connectivity index (χ1v) is 5.41. The van der Waals surface area contributed by atoms with Gasteiger partial charge >= 0.3 is 11.7 Å². The largest absolute Gasteiger partial charge is 0.481 e. The lowest BCUT2D eigenvalue weighted by Crippen LogP contribution is -2.39. The molecule has 1 aromatic rings. The summed E-state index contributed by atoms with van der Waals surface area (Å²) in [6.07, 6.45) is -0.0572. The van der Waals surface area contributed by atoms with Crippen molar-refractivity contribution in [3.8, 4) is 0 Å². The van der Waals surface area contributed by atoms with Gasteiger partial charge in [0, 0.05) is 19.8 Å². The molecule has 88 valence electrons. The lowest BCUT2D eigenvalue weighted by molar-refractivity contribution is -0.136. The molecule has 0 atom stereocenters. The Bertz CT molecular complexity index is 519. The van der Waals surface area contributed by atoms with Crippen molar-refractivity contribution in [2.75, 3.05) is 5.75 Å². The fourth-order valence-electron chi connectivity index (χ4n) is 0.995. The first-order valence-electron chi connectivity index (χ1n) is 4.42. The predicted molar refractivity (Wildman–Crippen MR) is 57.7 cm³/mol. The molecule has 0 amide bonds. The highest BCUT2D eigenvalue weighted by atomic mass is 32.2. The molecule has 0 aliphatic carbocycles. The quantitative estimate of drug-likeness (QED) is 0.687. The third-order valence-electron chi connectivity index (χ3n) is 1.85. The van der Waals surface area contributed by atoms with Crippen LogP contribution in [0.5, 0.6) is 0 Å². The van der Waals surface area contributed by atoms with E-state index in [2.05, 4.69) is 5.10 Å². The van der Waals surface area contributed by atoms with E-state index in [4.69, 9.17) is 5.11 Å². The number of aliphatic carboxylic acids is 1. The Morgan fingerprint density at radius 3 is 2.62 bits per heavy atom. The maximum atomic E-state index is 11.5. The molecule has 0 fully saturated rings. The first-order chi connectivity index (χ1) is 7.43. The van der Waals surface area contributed by atoms with Gasteiger partial charge in [-0.1, -0.05) is 11.8 Å². The smallest absolute Gasteiger partial charge is 0.346 e. The molecule has 0 saturated heterocycles. The first kappa shape index (κ1) is 12.5. The zero-order valence-electron chi connectivity index (χ0n) is 8.84. The number of aromatic nitrogens is 3. The van der Waals surface area contributed by atoms with Crippen molar-refractivity contribution in [2.24, 2.45) is 14.1 Å². The van der Waals surface area contributed by atoms with Crippen LogP contribution in [0.1, 0.15) is 6.42 Å². The molecule has 0 spiro atoms. The molecular formula is C8H11N3O4S. The molecule has 0 bridgehead atoms. The van der Waals surface area contributed by atoms with Crippen molar-refractivity contribution in [2.45, 2.75) is 11.4 Å². The second-order valence-corrected chi connectivity index (χ2v) is 4.15. The van der Waals surface area contributed by atoms with Crippen LogP contribution in [0.25, 0.3) is 0 Å².